The van der Waals surface area contributed by atoms with Crippen molar-refractivity contribution in [2.45, 2.75) is 38.2 Å². The number of rotatable bonds is 3. The molecule has 20 heavy (non-hydrogen) atoms. The summed E-state index contributed by atoms with van der Waals surface area (Å²) in [6.07, 6.45) is 5.75. The van der Waals surface area contributed by atoms with Crippen molar-refractivity contribution in [3.05, 3.63) is 12.0 Å². The van der Waals surface area contributed by atoms with Gasteiger partial charge in [0, 0.05) is 20.6 Å². The highest BCUT2D eigenvalue weighted by atomic mass is 16.3. The van der Waals surface area contributed by atoms with Gasteiger partial charge in [0.15, 0.2) is 5.65 Å². The molecule has 1 N–H and O–H groups in total. The van der Waals surface area contributed by atoms with Crippen molar-refractivity contribution in [2.75, 3.05) is 18.5 Å². The third-order valence-corrected chi connectivity index (χ3v) is 4.11. The molecule has 1 aliphatic carbocycles. The van der Waals surface area contributed by atoms with Crippen molar-refractivity contribution in [1.82, 2.24) is 19.7 Å². The molecule has 6 nitrogen and oxygen atoms in total. The number of nitrogens with zero attached hydrogens (tertiary/aromatic N) is 5. The fraction of sp³-hybridized carbons (Fsp3) is 0.643. The van der Waals surface area contributed by atoms with E-state index in [1.54, 1.807) is 10.9 Å². The largest absolute Gasteiger partial charge is 0.388 e. The first-order valence-corrected chi connectivity index (χ1v) is 7.08. The molecule has 0 amide bonds. The molecule has 2 aromatic heterocycles. The molecule has 3 rings (SSSR count). The predicted molar refractivity (Wildman–Crippen MR) is 77.7 cm³/mol. The lowest BCUT2D eigenvalue weighted by molar-refractivity contribution is 0.0558. The maximum absolute atomic E-state index is 10.6. The molecular weight excluding hydrogens is 254 g/mol. The summed E-state index contributed by atoms with van der Waals surface area (Å²) >= 11 is 0. The molecule has 108 valence electrons. The summed E-state index contributed by atoms with van der Waals surface area (Å²) < 4.78 is 1.76. The molecule has 0 aliphatic heterocycles. The van der Waals surface area contributed by atoms with Crippen LogP contribution in [0.5, 0.6) is 0 Å². The van der Waals surface area contributed by atoms with E-state index >= 15 is 0 Å². The zero-order chi connectivity index (χ0) is 14.3. The maximum Gasteiger partial charge on any atom is 0.163 e. The summed E-state index contributed by atoms with van der Waals surface area (Å²) in [6, 6.07) is 0. The summed E-state index contributed by atoms with van der Waals surface area (Å²) in [5, 5.41) is 15.8. The molecule has 1 fully saturated rings. The van der Waals surface area contributed by atoms with Crippen LogP contribution in [0.2, 0.25) is 0 Å². The molecule has 0 atom stereocenters. The van der Waals surface area contributed by atoms with Crippen LogP contribution in [0.25, 0.3) is 11.0 Å². The molecular formula is C14H21N5O. The van der Waals surface area contributed by atoms with Crippen molar-refractivity contribution >= 4 is 16.9 Å². The first kappa shape index (κ1) is 13.3. The molecule has 0 bridgehead atoms. The van der Waals surface area contributed by atoms with Gasteiger partial charge in [-0.25, -0.2) is 9.97 Å². The number of aryl methyl sites for hydroxylation is 2. The lowest BCUT2D eigenvalue weighted by atomic mass is 10.0. The summed E-state index contributed by atoms with van der Waals surface area (Å²) in [7, 11) is 3.85. The van der Waals surface area contributed by atoms with E-state index in [1.165, 1.54) is 0 Å². The lowest BCUT2D eigenvalue weighted by Gasteiger charge is -2.29. The van der Waals surface area contributed by atoms with Crippen molar-refractivity contribution < 1.29 is 5.11 Å². The highest BCUT2D eigenvalue weighted by molar-refractivity contribution is 5.86. The maximum atomic E-state index is 10.6. The second-order valence-electron chi connectivity index (χ2n) is 5.89. The van der Waals surface area contributed by atoms with Gasteiger partial charge in [-0.05, 0) is 19.8 Å². The Hall–Kier alpha value is -1.69. The van der Waals surface area contributed by atoms with E-state index < -0.39 is 5.60 Å². The first-order valence-electron chi connectivity index (χ1n) is 7.08. The molecule has 0 saturated heterocycles. The summed E-state index contributed by atoms with van der Waals surface area (Å²) in [4.78, 5) is 11.0. The van der Waals surface area contributed by atoms with Crippen LogP contribution >= 0.6 is 0 Å². The lowest BCUT2D eigenvalue weighted by Crippen LogP contribution is -2.39. The number of aliphatic hydroxyl groups is 1. The zero-order valence-electron chi connectivity index (χ0n) is 12.3. The number of fused-ring (bicyclic) bond motifs is 1. The zero-order valence-corrected chi connectivity index (χ0v) is 12.3. The molecule has 1 aliphatic rings. The van der Waals surface area contributed by atoms with E-state index in [2.05, 4.69) is 15.1 Å². The van der Waals surface area contributed by atoms with Crippen LogP contribution < -0.4 is 4.90 Å². The minimum Gasteiger partial charge on any atom is -0.388 e. The third-order valence-electron chi connectivity index (χ3n) is 4.11. The molecule has 0 aromatic carbocycles. The smallest absolute Gasteiger partial charge is 0.163 e. The van der Waals surface area contributed by atoms with Crippen LogP contribution in [0, 0.1) is 6.92 Å². The fourth-order valence-electron chi connectivity index (χ4n) is 3.11. The van der Waals surface area contributed by atoms with Gasteiger partial charge < -0.3 is 10.0 Å². The Bertz CT molecular complexity index is 630. The second-order valence-corrected chi connectivity index (χ2v) is 5.89. The molecule has 2 heterocycles. The summed E-state index contributed by atoms with van der Waals surface area (Å²) in [5.74, 6) is 1.57. The minimum absolute atomic E-state index is 0.581. The van der Waals surface area contributed by atoms with Crippen LogP contribution in [0.3, 0.4) is 0 Å². The van der Waals surface area contributed by atoms with Gasteiger partial charge in [0.2, 0.25) is 0 Å². The highest BCUT2D eigenvalue weighted by Crippen LogP contribution is 2.32. The fourth-order valence-corrected chi connectivity index (χ4v) is 3.11. The van der Waals surface area contributed by atoms with E-state index in [0.717, 1.165) is 48.4 Å². The topological polar surface area (TPSA) is 67.1 Å². The number of hydrogen-bond donors (Lipinski definition) is 1. The van der Waals surface area contributed by atoms with Crippen molar-refractivity contribution in [3.63, 3.8) is 0 Å². The number of anilines is 1. The Morgan fingerprint density at radius 1 is 1.35 bits per heavy atom. The van der Waals surface area contributed by atoms with Gasteiger partial charge in [-0.1, -0.05) is 12.8 Å². The van der Waals surface area contributed by atoms with E-state index in [4.69, 9.17) is 0 Å². The number of aromatic nitrogens is 4. The molecule has 0 radical (unpaired) electrons. The van der Waals surface area contributed by atoms with Crippen molar-refractivity contribution in [1.29, 1.82) is 0 Å². The van der Waals surface area contributed by atoms with Crippen molar-refractivity contribution in [3.8, 4) is 0 Å². The third kappa shape index (κ3) is 2.24. The quantitative estimate of drug-likeness (QED) is 0.917. The highest BCUT2D eigenvalue weighted by Gasteiger charge is 2.33. The first-order chi connectivity index (χ1) is 9.48. The van der Waals surface area contributed by atoms with Crippen LogP contribution in [-0.2, 0) is 7.05 Å². The predicted octanol–water partition coefficient (Wildman–Crippen LogP) is 1.41. The van der Waals surface area contributed by atoms with E-state index in [-0.39, 0.29) is 0 Å². The Kier molecular flexibility index (Phi) is 3.12. The number of likely N-dealkylation sites (N-methyl/N-ethyl adjacent to an activating group) is 1. The number of hydrogen-bond acceptors (Lipinski definition) is 5. The summed E-state index contributed by atoms with van der Waals surface area (Å²) in [6.45, 7) is 2.49. The van der Waals surface area contributed by atoms with Gasteiger partial charge >= 0.3 is 0 Å². The van der Waals surface area contributed by atoms with Gasteiger partial charge in [-0.3, -0.25) is 4.68 Å². The Morgan fingerprint density at radius 2 is 2.05 bits per heavy atom. The second kappa shape index (κ2) is 4.70. The molecule has 0 spiro atoms. The normalized spacial score (nSPS) is 17.8. The summed E-state index contributed by atoms with van der Waals surface area (Å²) in [5.41, 5.74) is 0.250. The van der Waals surface area contributed by atoms with Crippen LogP contribution in [-0.4, -0.2) is 44.0 Å². The SMILES string of the molecule is Cc1nc(N(C)CC2(O)CCCC2)c2cnn(C)c2n1. The van der Waals surface area contributed by atoms with Gasteiger partial charge in [-0.2, -0.15) is 5.10 Å². The van der Waals surface area contributed by atoms with E-state index in [0.29, 0.717) is 6.54 Å². The van der Waals surface area contributed by atoms with Crippen molar-refractivity contribution in [2.24, 2.45) is 7.05 Å². The van der Waals surface area contributed by atoms with Crippen LogP contribution in [0.4, 0.5) is 5.82 Å². The van der Waals surface area contributed by atoms with E-state index in [1.807, 2.05) is 25.9 Å². The molecule has 0 unspecified atom stereocenters. The van der Waals surface area contributed by atoms with E-state index in [9.17, 15) is 5.11 Å². The van der Waals surface area contributed by atoms with Gasteiger partial charge in [0.25, 0.3) is 0 Å². The molecule has 1 saturated carbocycles. The molecule has 2 aromatic rings. The Morgan fingerprint density at radius 3 is 2.75 bits per heavy atom. The van der Waals surface area contributed by atoms with Gasteiger partial charge in [0.05, 0.1) is 17.2 Å². The standard InChI is InChI=1S/C14H21N5O/c1-10-16-12(11-8-15-19(3)13(11)17-10)18(2)9-14(20)6-4-5-7-14/h8,20H,4-7,9H2,1-3H3. The van der Waals surface area contributed by atoms with Gasteiger partial charge in [0.1, 0.15) is 11.6 Å². The monoisotopic (exact) mass is 275 g/mol. The van der Waals surface area contributed by atoms with Crippen LogP contribution in [0.15, 0.2) is 6.20 Å². The average molecular weight is 275 g/mol. The van der Waals surface area contributed by atoms with Crippen LogP contribution in [0.1, 0.15) is 31.5 Å². The minimum atomic E-state index is -0.581. The van der Waals surface area contributed by atoms with Gasteiger partial charge in [-0.15, -0.1) is 0 Å². The Labute approximate surface area is 118 Å². The molecule has 6 heteroatoms. The Balaban J connectivity index is 1.96. The average Bonchev–Trinajstić information content (AvgIpc) is 2.96.